The SMILES string of the molecule is FC(F)c1ncc(I)c(CBr)c1Br. The summed E-state index contributed by atoms with van der Waals surface area (Å²) in [4.78, 5) is 3.66. The minimum absolute atomic E-state index is 0.199. The molecule has 0 amide bonds. The molecule has 0 unspecified atom stereocenters. The highest BCUT2D eigenvalue weighted by molar-refractivity contribution is 14.1. The maximum atomic E-state index is 12.4. The van der Waals surface area contributed by atoms with E-state index in [1.54, 1.807) is 0 Å². The zero-order chi connectivity index (χ0) is 10.0. The summed E-state index contributed by atoms with van der Waals surface area (Å²) in [6, 6.07) is 0. The van der Waals surface area contributed by atoms with E-state index in [-0.39, 0.29) is 5.69 Å². The van der Waals surface area contributed by atoms with E-state index < -0.39 is 6.43 Å². The van der Waals surface area contributed by atoms with Crippen molar-refractivity contribution in [3.63, 3.8) is 0 Å². The molecule has 0 saturated carbocycles. The van der Waals surface area contributed by atoms with Gasteiger partial charge in [0.1, 0.15) is 5.69 Å². The first-order chi connectivity index (χ1) is 6.07. The molecule has 0 aliphatic rings. The molecule has 1 aromatic rings. The lowest BCUT2D eigenvalue weighted by molar-refractivity contribution is 0.145. The Labute approximate surface area is 105 Å². The first-order valence-electron chi connectivity index (χ1n) is 3.24. The van der Waals surface area contributed by atoms with Gasteiger partial charge in [0, 0.05) is 15.1 Å². The fourth-order valence-corrected chi connectivity index (χ4v) is 3.88. The number of hydrogen-bond donors (Lipinski definition) is 0. The third-order valence-electron chi connectivity index (χ3n) is 1.44. The number of halogens is 5. The smallest absolute Gasteiger partial charge is 0.253 e. The van der Waals surface area contributed by atoms with E-state index >= 15 is 0 Å². The van der Waals surface area contributed by atoms with Crippen molar-refractivity contribution < 1.29 is 8.78 Å². The molecule has 72 valence electrons. The Morgan fingerprint density at radius 3 is 2.62 bits per heavy atom. The van der Waals surface area contributed by atoms with Crippen LogP contribution >= 0.6 is 54.5 Å². The van der Waals surface area contributed by atoms with E-state index in [0.717, 1.165) is 9.13 Å². The van der Waals surface area contributed by atoms with E-state index in [9.17, 15) is 8.78 Å². The largest absolute Gasteiger partial charge is 0.281 e. The fraction of sp³-hybridized carbons (Fsp3) is 0.286. The van der Waals surface area contributed by atoms with Crippen LogP contribution in [0.1, 0.15) is 17.7 Å². The minimum Gasteiger partial charge on any atom is -0.253 e. The van der Waals surface area contributed by atoms with Gasteiger partial charge in [-0.2, -0.15) is 0 Å². The van der Waals surface area contributed by atoms with Crippen molar-refractivity contribution in [1.29, 1.82) is 0 Å². The molecule has 0 bridgehead atoms. The van der Waals surface area contributed by atoms with Crippen molar-refractivity contribution >= 4 is 54.5 Å². The van der Waals surface area contributed by atoms with Gasteiger partial charge >= 0.3 is 0 Å². The molecule has 1 rings (SSSR count). The fourth-order valence-electron chi connectivity index (χ4n) is 0.795. The second-order valence-electron chi connectivity index (χ2n) is 2.22. The molecule has 1 nitrogen and oxygen atoms in total. The first-order valence-corrected chi connectivity index (χ1v) is 6.24. The number of rotatable bonds is 2. The third kappa shape index (κ3) is 2.59. The van der Waals surface area contributed by atoms with Gasteiger partial charge in [0.15, 0.2) is 0 Å². The average Bonchev–Trinajstić information content (AvgIpc) is 2.04. The first kappa shape index (κ1) is 11.8. The monoisotopic (exact) mass is 425 g/mol. The molecule has 0 aromatic carbocycles. The van der Waals surface area contributed by atoms with Gasteiger partial charge in [0.2, 0.25) is 0 Å². The quantitative estimate of drug-likeness (QED) is 0.508. The molecule has 1 aromatic heterocycles. The Morgan fingerprint density at radius 1 is 1.54 bits per heavy atom. The van der Waals surface area contributed by atoms with E-state index in [4.69, 9.17) is 0 Å². The third-order valence-corrected chi connectivity index (χ3v) is 3.81. The average molecular weight is 427 g/mol. The summed E-state index contributed by atoms with van der Waals surface area (Å²) < 4.78 is 26.0. The van der Waals surface area contributed by atoms with Gasteiger partial charge in [0.25, 0.3) is 6.43 Å². The van der Waals surface area contributed by atoms with Gasteiger partial charge in [0.05, 0.1) is 4.47 Å². The van der Waals surface area contributed by atoms with Gasteiger partial charge < -0.3 is 0 Å². The molecule has 0 aliphatic carbocycles. The lowest BCUT2D eigenvalue weighted by Crippen LogP contribution is -1.97. The Kier molecular flexibility index (Phi) is 4.50. The van der Waals surface area contributed by atoms with Crippen LogP contribution < -0.4 is 0 Å². The van der Waals surface area contributed by atoms with Gasteiger partial charge in [-0.1, -0.05) is 15.9 Å². The van der Waals surface area contributed by atoms with Gasteiger partial charge in [-0.05, 0) is 44.1 Å². The summed E-state index contributed by atoms with van der Waals surface area (Å²) in [5.74, 6) is 0. The zero-order valence-electron chi connectivity index (χ0n) is 6.20. The van der Waals surface area contributed by atoms with E-state index in [1.165, 1.54) is 6.20 Å². The minimum atomic E-state index is -2.54. The van der Waals surface area contributed by atoms with Crippen LogP contribution in [0.4, 0.5) is 8.78 Å². The number of pyridine rings is 1. The summed E-state index contributed by atoms with van der Waals surface area (Å²) in [7, 11) is 0. The molecular formula is C7H4Br2F2IN. The molecule has 0 spiro atoms. The summed E-state index contributed by atoms with van der Waals surface area (Å²) in [6.07, 6.45) is -1.09. The second-order valence-corrected chi connectivity index (χ2v) is 4.73. The van der Waals surface area contributed by atoms with Crippen LogP contribution in [0.5, 0.6) is 0 Å². The molecule has 0 N–H and O–H groups in total. The highest BCUT2D eigenvalue weighted by Crippen LogP contribution is 2.31. The van der Waals surface area contributed by atoms with Crippen molar-refractivity contribution in [2.24, 2.45) is 0 Å². The number of nitrogens with zero attached hydrogens (tertiary/aromatic N) is 1. The molecule has 6 heteroatoms. The van der Waals surface area contributed by atoms with Crippen LogP contribution in [0, 0.1) is 3.57 Å². The lowest BCUT2D eigenvalue weighted by atomic mass is 10.2. The van der Waals surface area contributed by atoms with Gasteiger partial charge in [-0.15, -0.1) is 0 Å². The summed E-state index contributed by atoms with van der Waals surface area (Å²) in [5, 5.41) is 0.536. The van der Waals surface area contributed by atoms with Crippen LogP contribution in [0.2, 0.25) is 0 Å². The second kappa shape index (κ2) is 4.97. The van der Waals surface area contributed by atoms with Crippen LogP contribution in [-0.4, -0.2) is 4.98 Å². The number of hydrogen-bond acceptors (Lipinski definition) is 1. The van der Waals surface area contributed by atoms with Crippen molar-refractivity contribution in [3.05, 3.63) is 25.5 Å². The Bertz CT molecular complexity index is 320. The van der Waals surface area contributed by atoms with Crippen molar-refractivity contribution in [3.8, 4) is 0 Å². The van der Waals surface area contributed by atoms with Crippen LogP contribution in [0.15, 0.2) is 10.7 Å². The zero-order valence-corrected chi connectivity index (χ0v) is 11.5. The molecule has 0 atom stereocenters. The van der Waals surface area contributed by atoms with Gasteiger partial charge in [-0.25, -0.2) is 8.78 Å². The van der Waals surface area contributed by atoms with Crippen molar-refractivity contribution in [2.45, 2.75) is 11.8 Å². The van der Waals surface area contributed by atoms with Crippen molar-refractivity contribution in [1.82, 2.24) is 4.98 Å². The molecule has 0 saturated heterocycles. The molecule has 0 radical (unpaired) electrons. The standard InChI is InChI=1S/C7H4Br2F2IN/c8-1-3-4(12)2-13-6(5(3)9)7(10)11/h2,7H,1H2. The van der Waals surface area contributed by atoms with E-state index in [2.05, 4.69) is 59.4 Å². The van der Waals surface area contributed by atoms with Crippen LogP contribution in [0.3, 0.4) is 0 Å². The summed E-state index contributed by atoms with van der Waals surface area (Å²) in [5.41, 5.74) is 0.612. The van der Waals surface area contributed by atoms with Gasteiger partial charge in [-0.3, -0.25) is 4.98 Å². The Balaban J connectivity index is 3.27. The molecule has 1 heterocycles. The Morgan fingerprint density at radius 2 is 2.15 bits per heavy atom. The Hall–Kier alpha value is 0.700. The number of alkyl halides is 3. The maximum absolute atomic E-state index is 12.4. The molecule has 0 fully saturated rings. The predicted molar refractivity (Wildman–Crippen MR) is 62.2 cm³/mol. The topological polar surface area (TPSA) is 12.9 Å². The van der Waals surface area contributed by atoms with E-state index in [0.29, 0.717) is 9.80 Å². The summed E-state index contributed by atoms with van der Waals surface area (Å²) in [6.45, 7) is 0. The maximum Gasteiger partial charge on any atom is 0.281 e. The molecular weight excluding hydrogens is 423 g/mol. The van der Waals surface area contributed by atoms with Crippen molar-refractivity contribution in [2.75, 3.05) is 0 Å². The van der Waals surface area contributed by atoms with E-state index in [1.807, 2.05) is 0 Å². The summed E-state index contributed by atoms with van der Waals surface area (Å²) >= 11 is 8.41. The molecule has 0 aliphatic heterocycles. The lowest BCUT2D eigenvalue weighted by Gasteiger charge is -2.07. The predicted octanol–water partition coefficient (Wildman–Crippen LogP) is 4.28. The molecule has 13 heavy (non-hydrogen) atoms. The highest BCUT2D eigenvalue weighted by Gasteiger charge is 2.17. The highest BCUT2D eigenvalue weighted by atomic mass is 127. The van der Waals surface area contributed by atoms with Crippen LogP contribution in [0.25, 0.3) is 0 Å². The number of aromatic nitrogens is 1. The normalized spacial score (nSPS) is 10.9. The van der Waals surface area contributed by atoms with Crippen LogP contribution in [-0.2, 0) is 5.33 Å².